The van der Waals surface area contributed by atoms with Crippen LogP contribution in [0.1, 0.15) is 18.1 Å². The van der Waals surface area contributed by atoms with Gasteiger partial charge in [-0.2, -0.15) is 0 Å². The van der Waals surface area contributed by atoms with Gasteiger partial charge < -0.3 is 10.6 Å². The number of halogens is 1. The van der Waals surface area contributed by atoms with E-state index in [-0.39, 0.29) is 5.84 Å². The Morgan fingerprint density at radius 2 is 1.90 bits per heavy atom. The van der Waals surface area contributed by atoms with Crippen LogP contribution in [0.5, 0.6) is 0 Å². The van der Waals surface area contributed by atoms with Crippen molar-refractivity contribution < 1.29 is 0 Å². The molecule has 0 atom stereocenters. The largest absolute Gasteiger partial charge is 0.384 e. The van der Waals surface area contributed by atoms with Gasteiger partial charge >= 0.3 is 0 Å². The quantitative estimate of drug-likeness (QED) is 0.651. The van der Waals surface area contributed by atoms with Crippen LogP contribution in [0, 0.1) is 12.3 Å². The Kier molecular flexibility index (Phi) is 4.45. The molecule has 0 saturated carbocycles. The van der Waals surface area contributed by atoms with Gasteiger partial charge in [0.15, 0.2) is 0 Å². The third-order valence-electron chi connectivity index (χ3n) is 3.26. The van der Waals surface area contributed by atoms with Crippen LogP contribution in [-0.4, -0.2) is 12.4 Å². The molecule has 3 nitrogen and oxygen atoms in total. The third kappa shape index (κ3) is 2.85. The van der Waals surface area contributed by atoms with Gasteiger partial charge in [-0.15, -0.1) is 0 Å². The van der Waals surface area contributed by atoms with Crippen molar-refractivity contribution >= 4 is 33.1 Å². The fourth-order valence-electron chi connectivity index (χ4n) is 2.30. The Balaban J connectivity index is 2.58. The molecule has 20 heavy (non-hydrogen) atoms. The first-order valence-corrected chi connectivity index (χ1v) is 7.31. The van der Waals surface area contributed by atoms with Crippen molar-refractivity contribution in [3.05, 3.63) is 58.1 Å². The smallest absolute Gasteiger partial charge is 0.124 e. The van der Waals surface area contributed by atoms with Crippen molar-refractivity contribution in [2.24, 2.45) is 5.73 Å². The SMILES string of the molecule is CCN(c1ccccc1C)c1ccc(Br)cc1C(=N)N. The van der Waals surface area contributed by atoms with Crippen LogP contribution in [0.4, 0.5) is 11.4 Å². The molecule has 0 spiro atoms. The highest BCUT2D eigenvalue weighted by molar-refractivity contribution is 9.10. The number of amidine groups is 1. The second kappa shape index (κ2) is 6.09. The fraction of sp³-hybridized carbons (Fsp3) is 0.188. The van der Waals surface area contributed by atoms with E-state index in [2.05, 4.69) is 46.8 Å². The van der Waals surface area contributed by atoms with Gasteiger partial charge in [0.1, 0.15) is 5.84 Å². The molecule has 4 heteroatoms. The summed E-state index contributed by atoms with van der Waals surface area (Å²) in [7, 11) is 0. The average molecular weight is 332 g/mol. The monoisotopic (exact) mass is 331 g/mol. The first-order chi connectivity index (χ1) is 9.54. The second-order valence-electron chi connectivity index (χ2n) is 4.61. The summed E-state index contributed by atoms with van der Waals surface area (Å²) in [6.07, 6.45) is 0. The topological polar surface area (TPSA) is 53.1 Å². The number of nitrogen functional groups attached to an aromatic ring is 1. The molecule has 0 aliphatic carbocycles. The van der Waals surface area contributed by atoms with Crippen molar-refractivity contribution in [2.75, 3.05) is 11.4 Å². The maximum absolute atomic E-state index is 7.79. The maximum Gasteiger partial charge on any atom is 0.124 e. The van der Waals surface area contributed by atoms with E-state index >= 15 is 0 Å². The molecule has 0 radical (unpaired) electrons. The predicted molar refractivity (Wildman–Crippen MR) is 89.0 cm³/mol. The van der Waals surface area contributed by atoms with E-state index in [9.17, 15) is 0 Å². The summed E-state index contributed by atoms with van der Waals surface area (Å²) in [5.74, 6) is 0.0772. The molecule has 2 rings (SSSR count). The van der Waals surface area contributed by atoms with E-state index in [0.29, 0.717) is 0 Å². The molecular formula is C16H18BrN3. The highest BCUT2D eigenvalue weighted by Gasteiger charge is 2.15. The van der Waals surface area contributed by atoms with E-state index in [4.69, 9.17) is 11.1 Å². The number of nitrogens with one attached hydrogen (secondary N) is 1. The van der Waals surface area contributed by atoms with Crippen LogP contribution in [0.15, 0.2) is 46.9 Å². The molecule has 0 bridgehead atoms. The molecule has 0 saturated heterocycles. The molecule has 0 heterocycles. The number of nitrogens with two attached hydrogens (primary N) is 1. The molecular weight excluding hydrogens is 314 g/mol. The zero-order chi connectivity index (χ0) is 14.7. The van der Waals surface area contributed by atoms with Gasteiger partial charge in [0.2, 0.25) is 0 Å². The Labute approximate surface area is 128 Å². The number of hydrogen-bond donors (Lipinski definition) is 2. The minimum atomic E-state index is 0.0772. The van der Waals surface area contributed by atoms with Crippen LogP contribution < -0.4 is 10.6 Å². The van der Waals surface area contributed by atoms with Crippen molar-refractivity contribution in [3.8, 4) is 0 Å². The van der Waals surface area contributed by atoms with E-state index in [1.165, 1.54) is 5.56 Å². The molecule has 3 N–H and O–H groups in total. The number of benzene rings is 2. The lowest BCUT2D eigenvalue weighted by Gasteiger charge is -2.27. The number of hydrogen-bond acceptors (Lipinski definition) is 2. The summed E-state index contributed by atoms with van der Waals surface area (Å²) < 4.78 is 0.923. The van der Waals surface area contributed by atoms with Gasteiger partial charge in [0.25, 0.3) is 0 Å². The lowest BCUT2D eigenvalue weighted by molar-refractivity contribution is 1.01. The molecule has 0 unspecified atom stereocenters. The van der Waals surface area contributed by atoms with E-state index in [1.807, 2.05) is 30.3 Å². The van der Waals surface area contributed by atoms with Crippen LogP contribution in [-0.2, 0) is 0 Å². The molecule has 0 aliphatic rings. The summed E-state index contributed by atoms with van der Waals surface area (Å²) in [4.78, 5) is 2.18. The summed E-state index contributed by atoms with van der Waals surface area (Å²) in [5.41, 5.74) is 9.76. The average Bonchev–Trinajstić information content (AvgIpc) is 2.42. The number of para-hydroxylation sites is 1. The van der Waals surface area contributed by atoms with E-state index in [1.54, 1.807) is 0 Å². The van der Waals surface area contributed by atoms with Gasteiger partial charge in [0.05, 0.1) is 5.69 Å². The van der Waals surface area contributed by atoms with Gasteiger partial charge in [0, 0.05) is 22.3 Å². The number of rotatable bonds is 4. The summed E-state index contributed by atoms with van der Waals surface area (Å²) in [6, 6.07) is 14.1. The minimum Gasteiger partial charge on any atom is -0.384 e. The van der Waals surface area contributed by atoms with Crippen LogP contribution in [0.25, 0.3) is 0 Å². The summed E-state index contributed by atoms with van der Waals surface area (Å²) in [5, 5.41) is 7.79. The molecule has 0 aliphatic heterocycles. The molecule has 2 aromatic rings. The van der Waals surface area contributed by atoms with Gasteiger partial charge in [-0.1, -0.05) is 34.1 Å². The fourth-order valence-corrected chi connectivity index (χ4v) is 2.66. The Morgan fingerprint density at radius 3 is 2.50 bits per heavy atom. The number of aryl methyl sites for hydroxylation is 1. The van der Waals surface area contributed by atoms with Crippen molar-refractivity contribution in [2.45, 2.75) is 13.8 Å². The van der Waals surface area contributed by atoms with Crippen molar-refractivity contribution in [3.63, 3.8) is 0 Å². The van der Waals surface area contributed by atoms with Crippen LogP contribution in [0.3, 0.4) is 0 Å². The second-order valence-corrected chi connectivity index (χ2v) is 5.52. The first kappa shape index (κ1) is 14.6. The Bertz CT molecular complexity index is 637. The molecule has 104 valence electrons. The Morgan fingerprint density at radius 1 is 1.20 bits per heavy atom. The lowest BCUT2D eigenvalue weighted by atomic mass is 10.1. The molecule has 2 aromatic carbocycles. The normalized spacial score (nSPS) is 10.3. The van der Waals surface area contributed by atoms with Crippen LogP contribution in [0.2, 0.25) is 0 Å². The minimum absolute atomic E-state index is 0.0772. The highest BCUT2D eigenvalue weighted by atomic mass is 79.9. The predicted octanol–water partition coefficient (Wildman–Crippen LogP) is 4.20. The van der Waals surface area contributed by atoms with Crippen molar-refractivity contribution in [1.29, 1.82) is 5.41 Å². The third-order valence-corrected chi connectivity index (χ3v) is 3.76. The standard InChI is InChI=1S/C16H18BrN3/c1-3-20(14-7-5-4-6-11(14)2)15-9-8-12(17)10-13(15)16(18)19/h4-10H,3H2,1-2H3,(H3,18,19). The first-order valence-electron chi connectivity index (χ1n) is 6.51. The van der Waals surface area contributed by atoms with Gasteiger partial charge in [-0.25, -0.2) is 0 Å². The van der Waals surface area contributed by atoms with Crippen molar-refractivity contribution in [1.82, 2.24) is 0 Å². The highest BCUT2D eigenvalue weighted by Crippen LogP contribution is 2.32. The molecule has 0 fully saturated rings. The zero-order valence-corrected chi connectivity index (χ0v) is 13.2. The molecule has 0 aromatic heterocycles. The number of anilines is 2. The van der Waals surface area contributed by atoms with Gasteiger partial charge in [-0.3, -0.25) is 5.41 Å². The van der Waals surface area contributed by atoms with E-state index in [0.717, 1.165) is 28.0 Å². The summed E-state index contributed by atoms with van der Waals surface area (Å²) in [6.45, 7) is 5.00. The number of nitrogens with zero attached hydrogens (tertiary/aromatic N) is 1. The van der Waals surface area contributed by atoms with Crippen LogP contribution >= 0.6 is 15.9 Å². The Hall–Kier alpha value is -1.81. The lowest BCUT2D eigenvalue weighted by Crippen LogP contribution is -2.22. The maximum atomic E-state index is 7.79. The molecule has 0 amide bonds. The van der Waals surface area contributed by atoms with Gasteiger partial charge in [-0.05, 0) is 43.7 Å². The summed E-state index contributed by atoms with van der Waals surface area (Å²) >= 11 is 3.44. The zero-order valence-electron chi connectivity index (χ0n) is 11.7. The van der Waals surface area contributed by atoms with E-state index < -0.39 is 0 Å².